The van der Waals surface area contributed by atoms with Crippen molar-refractivity contribution in [2.45, 2.75) is 27.7 Å². The number of hydrogen-bond donors (Lipinski definition) is 0. The van der Waals surface area contributed by atoms with Crippen LogP contribution in [-0.4, -0.2) is 6.15 Å². The van der Waals surface area contributed by atoms with Gasteiger partial charge in [-0.3, -0.25) is 0 Å². The van der Waals surface area contributed by atoms with Crippen molar-refractivity contribution in [2.75, 3.05) is 0 Å². The van der Waals surface area contributed by atoms with Crippen molar-refractivity contribution in [1.29, 1.82) is 0 Å². The maximum absolute atomic E-state index is 2.33. The van der Waals surface area contributed by atoms with Gasteiger partial charge in [-0.2, -0.15) is 21.9 Å². The monoisotopic (exact) mass is 714 g/mol. The standard InChI is InChI=1S/C28H28B.C24H20P/c1-21-13-5-9-17-25(21)29(26-18-10-6-14-22(26)2,27-19-11-7-15-23(27)3)28-20-12-8-16-24(28)4;1-5-13-21(14-6-1)25(22-15-7-2-8-16-22,23-17-9-3-10-18-23)24-19-11-4-12-20-24/h5-20H,1-4H3;1-20H/q-1;+1. The Morgan fingerprint density at radius 1 is 0.241 bits per heavy atom. The second-order valence-electron chi connectivity index (χ2n) is 14.3. The second-order valence-corrected chi connectivity index (χ2v) is 17.7. The summed E-state index contributed by atoms with van der Waals surface area (Å²) in [7, 11) is -1.91. The third kappa shape index (κ3) is 6.77. The topological polar surface area (TPSA) is 0 Å². The van der Waals surface area contributed by atoms with Crippen molar-refractivity contribution in [2.24, 2.45) is 0 Å². The Morgan fingerprint density at radius 3 is 0.630 bits per heavy atom. The number of hydrogen-bond acceptors (Lipinski definition) is 0. The minimum atomic E-state index is -1.91. The van der Waals surface area contributed by atoms with Gasteiger partial charge in [-0.15, -0.1) is 0 Å². The van der Waals surface area contributed by atoms with Crippen LogP contribution in [-0.2, 0) is 0 Å². The van der Waals surface area contributed by atoms with Crippen LogP contribution in [0, 0.1) is 27.7 Å². The van der Waals surface area contributed by atoms with Crippen LogP contribution in [0.3, 0.4) is 0 Å². The molecule has 0 nitrogen and oxygen atoms in total. The number of rotatable bonds is 8. The normalized spacial score (nSPS) is 11.3. The highest BCUT2D eigenvalue weighted by atomic mass is 31.2. The molecule has 0 saturated heterocycles. The Balaban J connectivity index is 0.000000168. The van der Waals surface area contributed by atoms with Gasteiger partial charge in [0.1, 0.15) is 34.6 Å². The van der Waals surface area contributed by atoms with Crippen LogP contribution in [0.4, 0.5) is 0 Å². The highest BCUT2D eigenvalue weighted by Crippen LogP contribution is 2.54. The molecule has 8 aromatic rings. The molecule has 8 rings (SSSR count). The van der Waals surface area contributed by atoms with Gasteiger partial charge < -0.3 is 0 Å². The lowest BCUT2D eigenvalue weighted by molar-refractivity contribution is 1.44. The van der Waals surface area contributed by atoms with E-state index in [0.717, 1.165) is 0 Å². The van der Waals surface area contributed by atoms with Gasteiger partial charge >= 0.3 is 0 Å². The number of benzene rings is 8. The van der Waals surface area contributed by atoms with Crippen molar-refractivity contribution >= 4 is 56.5 Å². The van der Waals surface area contributed by atoms with Crippen LogP contribution in [0.2, 0.25) is 0 Å². The van der Waals surface area contributed by atoms with Gasteiger partial charge in [0.05, 0.1) is 0 Å². The molecule has 0 saturated carbocycles. The molecule has 0 aromatic heterocycles. The van der Waals surface area contributed by atoms with Crippen molar-refractivity contribution in [1.82, 2.24) is 0 Å². The first-order valence-corrected chi connectivity index (χ1v) is 20.8. The van der Waals surface area contributed by atoms with Gasteiger partial charge in [0.25, 0.3) is 0 Å². The maximum atomic E-state index is 2.33. The molecule has 0 aliphatic rings. The summed E-state index contributed by atoms with van der Waals surface area (Å²) < 4.78 is 0. The van der Waals surface area contributed by atoms with Gasteiger partial charge in [-0.1, -0.05) is 192 Å². The zero-order valence-corrected chi connectivity index (χ0v) is 32.7. The summed E-state index contributed by atoms with van der Waals surface area (Å²) in [5.41, 5.74) is 11.0. The Hall–Kier alpha value is -5.75. The molecule has 0 amide bonds. The van der Waals surface area contributed by atoms with E-state index >= 15 is 0 Å². The van der Waals surface area contributed by atoms with E-state index in [1.807, 2.05) is 0 Å². The van der Waals surface area contributed by atoms with Crippen LogP contribution < -0.4 is 43.1 Å². The van der Waals surface area contributed by atoms with Crippen LogP contribution in [0.5, 0.6) is 0 Å². The Kier molecular flexibility index (Phi) is 11.2. The molecule has 0 bridgehead atoms. The second kappa shape index (κ2) is 16.5. The van der Waals surface area contributed by atoms with Crippen molar-refractivity contribution in [3.05, 3.63) is 241 Å². The molecular weight excluding hydrogens is 666 g/mol. The molecule has 0 unspecified atom stereocenters. The van der Waals surface area contributed by atoms with Crippen molar-refractivity contribution in [3.63, 3.8) is 0 Å². The fourth-order valence-electron chi connectivity index (χ4n) is 8.80. The zero-order chi connectivity index (χ0) is 37.4. The molecule has 0 aliphatic carbocycles. The van der Waals surface area contributed by atoms with E-state index in [1.54, 1.807) is 0 Å². The highest BCUT2D eigenvalue weighted by Gasteiger charge is 2.47. The van der Waals surface area contributed by atoms with Gasteiger partial charge in [-0.25, -0.2) is 0 Å². The van der Waals surface area contributed by atoms with Crippen molar-refractivity contribution < 1.29 is 0 Å². The molecule has 0 radical (unpaired) electrons. The minimum absolute atomic E-state index is 1.32. The molecule has 0 heterocycles. The van der Waals surface area contributed by atoms with Gasteiger partial charge in [0, 0.05) is 0 Å². The van der Waals surface area contributed by atoms with Crippen LogP contribution in [0.15, 0.2) is 218 Å². The van der Waals surface area contributed by atoms with Crippen LogP contribution in [0.25, 0.3) is 0 Å². The first kappa shape index (κ1) is 36.6. The molecule has 8 aromatic carbocycles. The fourth-order valence-corrected chi connectivity index (χ4v) is 13.1. The van der Waals surface area contributed by atoms with Gasteiger partial charge in [0.2, 0.25) is 0 Å². The summed E-state index contributed by atoms with van der Waals surface area (Å²) in [5.74, 6) is 0. The quantitative estimate of drug-likeness (QED) is 0.109. The van der Waals surface area contributed by atoms with Gasteiger partial charge in [0.15, 0.2) is 0 Å². The third-order valence-corrected chi connectivity index (χ3v) is 15.5. The molecule has 0 atom stereocenters. The summed E-state index contributed by atoms with van der Waals surface area (Å²) >= 11 is 0. The van der Waals surface area contributed by atoms with Gasteiger partial charge in [-0.05, 0) is 76.2 Å². The van der Waals surface area contributed by atoms with E-state index in [0.29, 0.717) is 0 Å². The van der Waals surface area contributed by atoms with E-state index in [9.17, 15) is 0 Å². The molecule has 0 aliphatic heterocycles. The van der Waals surface area contributed by atoms with Crippen LogP contribution in [0.1, 0.15) is 22.3 Å². The SMILES string of the molecule is Cc1ccccc1[B-](c1ccccc1C)(c1ccccc1C)c1ccccc1C.c1ccc([P+](c2ccccc2)(c2ccccc2)c2ccccc2)cc1. The van der Waals surface area contributed by atoms with E-state index in [4.69, 9.17) is 0 Å². The lowest BCUT2D eigenvalue weighted by Crippen LogP contribution is -2.76. The highest BCUT2D eigenvalue weighted by molar-refractivity contribution is 8.01. The van der Waals surface area contributed by atoms with E-state index in [-0.39, 0.29) is 0 Å². The zero-order valence-electron chi connectivity index (χ0n) is 31.8. The van der Waals surface area contributed by atoms with E-state index in [2.05, 4.69) is 246 Å². The third-order valence-electron chi connectivity index (χ3n) is 11.2. The summed E-state index contributed by atoms with van der Waals surface area (Å²) in [6.07, 6.45) is -1.32. The largest absolute Gasteiger partial charge is 0.192 e. The van der Waals surface area contributed by atoms with Crippen molar-refractivity contribution in [3.8, 4) is 0 Å². The first-order valence-electron chi connectivity index (χ1n) is 19.0. The van der Waals surface area contributed by atoms with E-state index in [1.165, 1.54) is 65.3 Å². The fraction of sp³-hybridized carbons (Fsp3) is 0.0769. The predicted octanol–water partition coefficient (Wildman–Crippen LogP) is 8.60. The molecule has 0 N–H and O–H groups in total. The smallest absolute Gasteiger partial charge is 0.144 e. The number of aryl methyl sites for hydroxylation is 4. The Bertz CT molecular complexity index is 2070. The summed E-state index contributed by atoms with van der Waals surface area (Å²) in [6, 6.07) is 79.5. The average molecular weight is 715 g/mol. The van der Waals surface area contributed by atoms with E-state index < -0.39 is 13.4 Å². The minimum Gasteiger partial charge on any atom is -0.192 e. The Morgan fingerprint density at radius 2 is 0.426 bits per heavy atom. The van der Waals surface area contributed by atoms with Crippen LogP contribution >= 0.6 is 7.26 Å². The lowest BCUT2D eigenvalue weighted by Gasteiger charge is -2.48. The summed E-state index contributed by atoms with van der Waals surface area (Å²) in [6.45, 7) is 9.00. The molecule has 0 spiro atoms. The molecular formula is C52H48BP. The average Bonchev–Trinajstić information content (AvgIpc) is 3.23. The maximum Gasteiger partial charge on any atom is 0.144 e. The summed E-state index contributed by atoms with van der Waals surface area (Å²) in [5, 5.41) is 5.55. The molecule has 2 heteroatoms. The Labute approximate surface area is 323 Å². The molecule has 54 heavy (non-hydrogen) atoms. The summed E-state index contributed by atoms with van der Waals surface area (Å²) in [4.78, 5) is 0. The molecule has 264 valence electrons. The predicted molar refractivity (Wildman–Crippen MR) is 240 cm³/mol. The molecule has 0 fully saturated rings. The first-order chi connectivity index (χ1) is 26.5. The lowest BCUT2D eigenvalue weighted by atomic mass is 9.11.